The van der Waals surface area contributed by atoms with E-state index in [2.05, 4.69) is 23.7 Å². The smallest absolute Gasteiger partial charge is 0.349 e. The highest BCUT2D eigenvalue weighted by Crippen LogP contribution is 2.32. The summed E-state index contributed by atoms with van der Waals surface area (Å²) in [7, 11) is 0. The third-order valence-corrected chi connectivity index (χ3v) is 5.74. The lowest BCUT2D eigenvalue weighted by atomic mass is 10.1. The molecule has 8 nitrogen and oxygen atoms in total. The molecule has 1 aromatic heterocycles. The zero-order valence-corrected chi connectivity index (χ0v) is 20.3. The molecule has 34 heavy (non-hydrogen) atoms. The number of aryl methyl sites for hydroxylation is 1. The standard InChI is InChI=1S/C26H31N3O5/c1-16(2)8-9-29-17(3)10-21(18(29)4)12-22(13-27)26(31)34-19(5)25(30)28-14-20-6-7-23-24(11-20)33-15-32-23/h6-7,10-12,16,19H,8-9,14-15H2,1-5H3,(H,28,30)/b22-12-. The summed E-state index contributed by atoms with van der Waals surface area (Å²) in [6.45, 7) is 11.1. The first-order valence-corrected chi connectivity index (χ1v) is 11.3. The van der Waals surface area contributed by atoms with Gasteiger partial charge in [0.05, 0.1) is 0 Å². The topological polar surface area (TPSA) is 103 Å². The second kappa shape index (κ2) is 10.9. The summed E-state index contributed by atoms with van der Waals surface area (Å²) in [5.74, 6) is 0.561. The monoisotopic (exact) mass is 465 g/mol. The van der Waals surface area contributed by atoms with Gasteiger partial charge in [-0.05, 0) is 68.5 Å². The number of nitriles is 1. The first-order valence-electron chi connectivity index (χ1n) is 11.3. The van der Waals surface area contributed by atoms with Crippen molar-refractivity contribution in [2.45, 2.75) is 60.2 Å². The van der Waals surface area contributed by atoms with Crippen LogP contribution in [0.5, 0.6) is 11.5 Å². The molecular weight excluding hydrogens is 434 g/mol. The number of carbonyl (C=O) groups is 2. The third kappa shape index (κ3) is 5.98. The van der Waals surface area contributed by atoms with Crippen molar-refractivity contribution < 1.29 is 23.8 Å². The van der Waals surface area contributed by atoms with Crippen molar-refractivity contribution in [3.8, 4) is 17.6 Å². The fourth-order valence-electron chi connectivity index (χ4n) is 3.66. The van der Waals surface area contributed by atoms with Gasteiger partial charge in [0, 0.05) is 24.5 Å². The Kier molecular flexibility index (Phi) is 8.00. The van der Waals surface area contributed by atoms with Gasteiger partial charge in [0.25, 0.3) is 5.91 Å². The number of esters is 1. The van der Waals surface area contributed by atoms with E-state index in [1.165, 1.54) is 13.0 Å². The second-order valence-electron chi connectivity index (χ2n) is 8.78. The van der Waals surface area contributed by atoms with Crippen LogP contribution in [0.4, 0.5) is 0 Å². The van der Waals surface area contributed by atoms with Gasteiger partial charge in [-0.15, -0.1) is 0 Å². The fourth-order valence-corrected chi connectivity index (χ4v) is 3.66. The largest absolute Gasteiger partial charge is 0.454 e. The van der Waals surface area contributed by atoms with Gasteiger partial charge in [-0.2, -0.15) is 5.26 Å². The summed E-state index contributed by atoms with van der Waals surface area (Å²) in [5, 5.41) is 12.3. The maximum absolute atomic E-state index is 12.6. The first kappa shape index (κ1) is 24.9. The fraction of sp³-hybridized carbons (Fsp3) is 0.423. The van der Waals surface area contributed by atoms with E-state index in [4.69, 9.17) is 14.2 Å². The second-order valence-corrected chi connectivity index (χ2v) is 8.78. The molecule has 3 rings (SSSR count). The average molecular weight is 466 g/mol. The number of rotatable bonds is 9. The summed E-state index contributed by atoms with van der Waals surface area (Å²) in [5.41, 5.74) is 3.50. The Morgan fingerprint density at radius 3 is 2.65 bits per heavy atom. The maximum Gasteiger partial charge on any atom is 0.349 e. The van der Waals surface area contributed by atoms with Crippen molar-refractivity contribution in [3.05, 3.63) is 52.4 Å². The van der Waals surface area contributed by atoms with Crippen LogP contribution in [-0.4, -0.2) is 29.3 Å². The molecule has 1 unspecified atom stereocenters. The highest BCUT2D eigenvalue weighted by molar-refractivity contribution is 5.99. The quantitative estimate of drug-likeness (QED) is 0.341. The van der Waals surface area contributed by atoms with Gasteiger partial charge in [0.2, 0.25) is 6.79 Å². The number of fused-ring (bicyclic) bond motifs is 1. The molecule has 180 valence electrons. The van der Waals surface area contributed by atoms with E-state index in [1.807, 2.05) is 32.0 Å². The molecule has 1 aromatic carbocycles. The summed E-state index contributed by atoms with van der Waals surface area (Å²) in [4.78, 5) is 25.0. The molecule has 2 heterocycles. The van der Waals surface area contributed by atoms with Gasteiger partial charge in [-0.3, -0.25) is 4.79 Å². The lowest BCUT2D eigenvalue weighted by molar-refractivity contribution is -0.150. The molecule has 0 aliphatic carbocycles. The molecule has 1 aliphatic heterocycles. The van der Waals surface area contributed by atoms with E-state index in [9.17, 15) is 14.9 Å². The van der Waals surface area contributed by atoms with Crippen LogP contribution in [-0.2, 0) is 27.4 Å². The van der Waals surface area contributed by atoms with E-state index in [0.717, 1.165) is 35.5 Å². The molecule has 0 fully saturated rings. The van der Waals surface area contributed by atoms with Gasteiger partial charge in [0.1, 0.15) is 11.6 Å². The molecule has 1 N–H and O–H groups in total. The predicted octanol–water partition coefficient (Wildman–Crippen LogP) is 4.03. The summed E-state index contributed by atoms with van der Waals surface area (Å²) < 4.78 is 18.0. The minimum atomic E-state index is -1.06. The van der Waals surface area contributed by atoms with E-state index in [-0.39, 0.29) is 18.9 Å². The summed E-state index contributed by atoms with van der Waals surface area (Å²) >= 11 is 0. The summed E-state index contributed by atoms with van der Waals surface area (Å²) in [6.07, 6.45) is 1.50. The SMILES string of the molecule is Cc1cc(/C=C(/C#N)C(=O)OC(C)C(=O)NCc2ccc3c(c2)OCO3)c(C)n1CCC(C)C. The Morgan fingerprint density at radius 2 is 1.94 bits per heavy atom. The van der Waals surface area contributed by atoms with Crippen LogP contribution in [0.2, 0.25) is 0 Å². The van der Waals surface area contributed by atoms with Crippen molar-refractivity contribution >= 4 is 18.0 Å². The minimum Gasteiger partial charge on any atom is -0.454 e. The highest BCUT2D eigenvalue weighted by Gasteiger charge is 2.21. The minimum absolute atomic E-state index is 0.153. The van der Waals surface area contributed by atoms with Crippen LogP contribution in [0.25, 0.3) is 6.08 Å². The van der Waals surface area contributed by atoms with Crippen LogP contribution < -0.4 is 14.8 Å². The summed E-state index contributed by atoms with van der Waals surface area (Å²) in [6, 6.07) is 9.23. The molecule has 0 radical (unpaired) electrons. The number of benzene rings is 1. The Labute approximate surface area is 200 Å². The number of hydrogen-bond donors (Lipinski definition) is 1. The molecule has 8 heteroatoms. The van der Waals surface area contributed by atoms with Gasteiger partial charge in [-0.1, -0.05) is 19.9 Å². The molecule has 0 saturated carbocycles. The molecule has 1 amide bonds. The number of aromatic nitrogens is 1. The van der Waals surface area contributed by atoms with Crippen molar-refractivity contribution in [3.63, 3.8) is 0 Å². The number of carbonyl (C=O) groups excluding carboxylic acids is 2. The van der Waals surface area contributed by atoms with Crippen molar-refractivity contribution in [2.75, 3.05) is 6.79 Å². The van der Waals surface area contributed by atoms with Crippen LogP contribution in [0.15, 0.2) is 29.8 Å². The number of hydrogen-bond acceptors (Lipinski definition) is 6. The van der Waals surface area contributed by atoms with Crippen LogP contribution >= 0.6 is 0 Å². The van der Waals surface area contributed by atoms with E-state index in [1.54, 1.807) is 12.1 Å². The van der Waals surface area contributed by atoms with Gasteiger partial charge in [0.15, 0.2) is 17.6 Å². The first-order chi connectivity index (χ1) is 16.2. The number of ether oxygens (including phenoxy) is 3. The van der Waals surface area contributed by atoms with E-state index < -0.39 is 18.0 Å². The van der Waals surface area contributed by atoms with E-state index in [0.29, 0.717) is 17.4 Å². The van der Waals surface area contributed by atoms with Gasteiger partial charge < -0.3 is 24.1 Å². The molecular formula is C26H31N3O5. The van der Waals surface area contributed by atoms with Crippen LogP contribution in [0.1, 0.15) is 49.7 Å². The Bertz CT molecular complexity index is 1140. The zero-order valence-electron chi connectivity index (χ0n) is 20.3. The number of nitrogens with one attached hydrogen (secondary N) is 1. The lowest BCUT2D eigenvalue weighted by Gasteiger charge is -2.13. The zero-order chi connectivity index (χ0) is 24.8. The molecule has 0 bridgehead atoms. The maximum atomic E-state index is 12.6. The Balaban J connectivity index is 1.60. The van der Waals surface area contributed by atoms with Crippen LogP contribution in [0.3, 0.4) is 0 Å². The Hall–Kier alpha value is -3.73. The van der Waals surface area contributed by atoms with Gasteiger partial charge >= 0.3 is 5.97 Å². The number of nitrogens with zero attached hydrogens (tertiary/aromatic N) is 2. The average Bonchev–Trinajstić information content (AvgIpc) is 3.37. The van der Waals surface area contributed by atoms with Crippen molar-refractivity contribution in [1.82, 2.24) is 9.88 Å². The highest BCUT2D eigenvalue weighted by atomic mass is 16.7. The lowest BCUT2D eigenvalue weighted by Crippen LogP contribution is -2.35. The normalized spacial score (nSPS) is 13.5. The van der Waals surface area contributed by atoms with Crippen molar-refractivity contribution in [2.24, 2.45) is 5.92 Å². The van der Waals surface area contributed by atoms with Crippen LogP contribution in [0, 0.1) is 31.1 Å². The molecule has 1 aliphatic rings. The predicted molar refractivity (Wildman–Crippen MR) is 127 cm³/mol. The Morgan fingerprint density at radius 1 is 1.21 bits per heavy atom. The molecule has 1 atom stereocenters. The third-order valence-electron chi connectivity index (χ3n) is 5.74. The number of amides is 1. The molecule has 0 saturated heterocycles. The van der Waals surface area contributed by atoms with Crippen molar-refractivity contribution in [1.29, 1.82) is 5.26 Å². The van der Waals surface area contributed by atoms with E-state index >= 15 is 0 Å². The molecule has 2 aromatic rings. The van der Waals surface area contributed by atoms with Gasteiger partial charge in [-0.25, -0.2) is 4.79 Å². The molecule has 0 spiro atoms.